The van der Waals surface area contributed by atoms with E-state index in [2.05, 4.69) is 10.1 Å². The maximum absolute atomic E-state index is 13.4. The smallest absolute Gasteiger partial charge is 0.258 e. The largest absolute Gasteiger partial charge is 0.334 e. The van der Waals surface area contributed by atoms with Gasteiger partial charge in [0, 0.05) is 5.56 Å². The van der Waals surface area contributed by atoms with Crippen LogP contribution in [0.1, 0.15) is 49.9 Å². The molecule has 0 amide bonds. The second-order valence-corrected chi connectivity index (χ2v) is 5.95. The minimum atomic E-state index is -0.514. The minimum absolute atomic E-state index is 0.313. The molecule has 5 heteroatoms. The number of hydrogen-bond acceptors (Lipinski definition) is 4. The molecule has 3 rings (SSSR count). The van der Waals surface area contributed by atoms with Crippen LogP contribution in [0.15, 0.2) is 22.7 Å². The number of halogens is 1. The lowest BCUT2D eigenvalue weighted by molar-refractivity contribution is 0.334. The first-order valence-electron chi connectivity index (χ1n) is 7.48. The fourth-order valence-electron chi connectivity index (χ4n) is 2.94. The molecule has 1 aliphatic rings. The molecular formula is C16H20FN3O. The van der Waals surface area contributed by atoms with Crippen molar-refractivity contribution in [3.63, 3.8) is 0 Å². The lowest BCUT2D eigenvalue weighted by Gasteiger charge is -2.23. The fraction of sp³-hybridized carbons (Fsp3) is 0.500. The van der Waals surface area contributed by atoms with Gasteiger partial charge in [-0.2, -0.15) is 4.98 Å². The van der Waals surface area contributed by atoms with Gasteiger partial charge in [-0.1, -0.05) is 36.9 Å². The number of rotatable bonds is 2. The Morgan fingerprint density at radius 1 is 1.19 bits per heavy atom. The highest BCUT2D eigenvalue weighted by Gasteiger charge is 2.33. The van der Waals surface area contributed by atoms with Gasteiger partial charge in [0.2, 0.25) is 0 Å². The topological polar surface area (TPSA) is 64.9 Å². The standard InChI is InChI=1S/C16H20FN3O/c1-11-6-7-12(17)10-13(11)14-19-15(20-21-14)16(18)8-4-2-3-5-9-16/h6-7,10H,2-5,8-9,18H2,1H3. The molecule has 0 spiro atoms. The normalized spacial score (nSPS) is 18.4. The summed E-state index contributed by atoms with van der Waals surface area (Å²) in [6.07, 6.45) is 6.31. The van der Waals surface area contributed by atoms with E-state index in [4.69, 9.17) is 10.3 Å². The zero-order valence-electron chi connectivity index (χ0n) is 12.2. The third-order valence-corrected chi connectivity index (χ3v) is 4.30. The molecule has 1 aliphatic carbocycles. The van der Waals surface area contributed by atoms with Gasteiger partial charge in [0.05, 0.1) is 5.54 Å². The molecule has 0 bridgehead atoms. The molecular weight excluding hydrogens is 269 g/mol. The first-order chi connectivity index (χ1) is 10.1. The van der Waals surface area contributed by atoms with Crippen molar-refractivity contribution in [3.05, 3.63) is 35.4 Å². The van der Waals surface area contributed by atoms with Gasteiger partial charge in [-0.25, -0.2) is 4.39 Å². The van der Waals surface area contributed by atoms with Gasteiger partial charge < -0.3 is 10.3 Å². The van der Waals surface area contributed by atoms with E-state index in [0.29, 0.717) is 17.3 Å². The molecule has 0 radical (unpaired) electrons. The third kappa shape index (κ3) is 2.83. The summed E-state index contributed by atoms with van der Waals surface area (Å²) in [7, 11) is 0. The molecule has 1 saturated carbocycles. The Morgan fingerprint density at radius 3 is 2.62 bits per heavy atom. The molecule has 0 atom stereocenters. The fourth-order valence-corrected chi connectivity index (χ4v) is 2.94. The van der Waals surface area contributed by atoms with E-state index in [-0.39, 0.29) is 5.82 Å². The minimum Gasteiger partial charge on any atom is -0.334 e. The Labute approximate surface area is 123 Å². The van der Waals surface area contributed by atoms with Crippen LogP contribution in [0.3, 0.4) is 0 Å². The van der Waals surface area contributed by atoms with Crippen LogP contribution in [0.5, 0.6) is 0 Å². The summed E-state index contributed by atoms with van der Waals surface area (Å²) in [5, 5.41) is 4.07. The Morgan fingerprint density at radius 2 is 1.90 bits per heavy atom. The van der Waals surface area contributed by atoms with Crippen molar-refractivity contribution in [2.24, 2.45) is 5.73 Å². The van der Waals surface area contributed by atoms with Crippen LogP contribution in [0.2, 0.25) is 0 Å². The van der Waals surface area contributed by atoms with Gasteiger partial charge in [-0.15, -0.1) is 0 Å². The highest BCUT2D eigenvalue weighted by atomic mass is 19.1. The lowest BCUT2D eigenvalue weighted by Crippen LogP contribution is -2.37. The Balaban J connectivity index is 1.94. The van der Waals surface area contributed by atoms with E-state index in [1.165, 1.54) is 25.0 Å². The Bertz CT molecular complexity index is 630. The molecule has 21 heavy (non-hydrogen) atoms. The zero-order valence-corrected chi connectivity index (χ0v) is 12.2. The van der Waals surface area contributed by atoms with Crippen LogP contribution >= 0.6 is 0 Å². The van der Waals surface area contributed by atoms with Gasteiger partial charge in [0.15, 0.2) is 5.82 Å². The number of benzene rings is 1. The second-order valence-electron chi connectivity index (χ2n) is 5.95. The van der Waals surface area contributed by atoms with Gasteiger partial charge in [0.25, 0.3) is 5.89 Å². The SMILES string of the molecule is Cc1ccc(F)cc1-c1nc(C2(N)CCCCCC2)no1. The zero-order chi connectivity index (χ0) is 14.9. The summed E-state index contributed by atoms with van der Waals surface area (Å²) in [6, 6.07) is 4.55. The van der Waals surface area contributed by atoms with Crippen LogP contribution in [0, 0.1) is 12.7 Å². The molecule has 0 unspecified atom stereocenters. The average Bonchev–Trinajstić information content (AvgIpc) is 2.86. The number of aromatic nitrogens is 2. The highest BCUT2D eigenvalue weighted by molar-refractivity contribution is 5.58. The van der Waals surface area contributed by atoms with Crippen molar-refractivity contribution in [2.45, 2.75) is 51.0 Å². The molecule has 0 aliphatic heterocycles. The van der Waals surface area contributed by atoms with Crippen LogP contribution in [0.4, 0.5) is 4.39 Å². The van der Waals surface area contributed by atoms with E-state index in [1.807, 2.05) is 6.92 Å². The lowest BCUT2D eigenvalue weighted by atomic mass is 9.91. The number of hydrogen-bond donors (Lipinski definition) is 1. The van der Waals surface area contributed by atoms with Crippen LogP contribution in [-0.2, 0) is 5.54 Å². The number of nitrogens with two attached hydrogens (primary N) is 1. The summed E-state index contributed by atoms with van der Waals surface area (Å²) in [4.78, 5) is 4.45. The van der Waals surface area contributed by atoms with Crippen LogP contribution in [-0.4, -0.2) is 10.1 Å². The maximum atomic E-state index is 13.4. The van der Waals surface area contributed by atoms with Crippen molar-refractivity contribution in [1.82, 2.24) is 10.1 Å². The van der Waals surface area contributed by atoms with Crippen molar-refractivity contribution in [3.8, 4) is 11.5 Å². The first-order valence-corrected chi connectivity index (χ1v) is 7.48. The predicted octanol–water partition coefficient (Wildman–Crippen LogP) is 3.69. The Hall–Kier alpha value is -1.75. The molecule has 1 fully saturated rings. The highest BCUT2D eigenvalue weighted by Crippen LogP contribution is 2.33. The molecule has 2 N–H and O–H groups in total. The van der Waals surface area contributed by atoms with Gasteiger partial charge in [-0.05, 0) is 37.5 Å². The van der Waals surface area contributed by atoms with Crippen molar-refractivity contribution in [2.75, 3.05) is 0 Å². The van der Waals surface area contributed by atoms with Crippen LogP contribution in [0.25, 0.3) is 11.5 Å². The van der Waals surface area contributed by atoms with E-state index in [0.717, 1.165) is 31.2 Å². The average molecular weight is 289 g/mol. The quantitative estimate of drug-likeness (QED) is 0.856. The molecule has 1 aromatic heterocycles. The maximum Gasteiger partial charge on any atom is 0.258 e. The molecule has 1 heterocycles. The summed E-state index contributed by atoms with van der Waals surface area (Å²) in [5.41, 5.74) is 7.50. The summed E-state index contributed by atoms with van der Waals surface area (Å²) in [5.74, 6) is 0.575. The molecule has 4 nitrogen and oxygen atoms in total. The third-order valence-electron chi connectivity index (χ3n) is 4.30. The number of nitrogens with zero attached hydrogens (tertiary/aromatic N) is 2. The first kappa shape index (κ1) is 14.2. The van der Waals surface area contributed by atoms with E-state index in [9.17, 15) is 4.39 Å². The second kappa shape index (κ2) is 5.56. The van der Waals surface area contributed by atoms with E-state index < -0.39 is 5.54 Å². The van der Waals surface area contributed by atoms with Crippen molar-refractivity contribution < 1.29 is 8.91 Å². The van der Waals surface area contributed by atoms with E-state index in [1.54, 1.807) is 6.07 Å². The van der Waals surface area contributed by atoms with Crippen molar-refractivity contribution >= 4 is 0 Å². The van der Waals surface area contributed by atoms with Crippen molar-refractivity contribution in [1.29, 1.82) is 0 Å². The summed E-state index contributed by atoms with van der Waals surface area (Å²) < 4.78 is 18.7. The Kier molecular flexibility index (Phi) is 3.76. The van der Waals surface area contributed by atoms with Gasteiger partial charge in [-0.3, -0.25) is 0 Å². The monoisotopic (exact) mass is 289 g/mol. The van der Waals surface area contributed by atoms with E-state index >= 15 is 0 Å². The van der Waals surface area contributed by atoms with Crippen LogP contribution < -0.4 is 5.73 Å². The summed E-state index contributed by atoms with van der Waals surface area (Å²) in [6.45, 7) is 1.89. The molecule has 112 valence electrons. The molecule has 0 saturated heterocycles. The molecule has 1 aromatic carbocycles. The predicted molar refractivity (Wildman–Crippen MR) is 78.0 cm³/mol. The summed E-state index contributed by atoms with van der Waals surface area (Å²) >= 11 is 0. The number of aryl methyl sites for hydroxylation is 1. The molecule has 2 aromatic rings. The van der Waals surface area contributed by atoms with Gasteiger partial charge >= 0.3 is 0 Å². The van der Waals surface area contributed by atoms with Gasteiger partial charge in [0.1, 0.15) is 5.82 Å².